The molecule has 0 aliphatic rings. The van der Waals surface area contributed by atoms with Crippen LogP contribution in [0.25, 0.3) is 0 Å². The summed E-state index contributed by atoms with van der Waals surface area (Å²) in [6, 6.07) is 5.49. The minimum absolute atomic E-state index is 0.0928. The van der Waals surface area contributed by atoms with Crippen LogP contribution in [0.5, 0.6) is 5.75 Å². The van der Waals surface area contributed by atoms with Crippen LogP contribution in [0.2, 0.25) is 0 Å². The maximum Gasteiger partial charge on any atom is 0.207 e. The fourth-order valence-electron chi connectivity index (χ4n) is 1.18. The first-order chi connectivity index (χ1) is 7.99. The van der Waals surface area contributed by atoms with E-state index in [9.17, 15) is 13.5 Å². The zero-order chi connectivity index (χ0) is 13.0. The third kappa shape index (κ3) is 3.09. The third-order valence-electron chi connectivity index (χ3n) is 1.88. The van der Waals surface area contributed by atoms with E-state index < -0.39 is 32.5 Å². The molecule has 1 aromatic rings. The topological polar surface area (TPSA) is 127 Å². The molecule has 2 atom stereocenters. The number of benzene rings is 1. The van der Waals surface area contributed by atoms with Crippen LogP contribution in [0.4, 0.5) is 0 Å². The Morgan fingerprint density at radius 3 is 2.12 bits per heavy atom. The van der Waals surface area contributed by atoms with Crippen LogP contribution in [0.1, 0.15) is 5.56 Å². The van der Waals surface area contributed by atoms with Crippen LogP contribution in [0.15, 0.2) is 29.4 Å². The van der Waals surface area contributed by atoms with Crippen LogP contribution in [0, 0.1) is 0 Å². The van der Waals surface area contributed by atoms with Crippen molar-refractivity contribution in [1.29, 1.82) is 0 Å². The molecule has 0 bridgehead atoms. The molecule has 0 aliphatic heterocycles. The molecular formula is C8H9NO6S2. The van der Waals surface area contributed by atoms with Crippen molar-refractivity contribution in [3.05, 3.63) is 29.8 Å². The average molecular weight is 279 g/mol. The molecular weight excluding hydrogens is 270 g/mol. The Kier molecular flexibility index (Phi) is 4.75. The van der Waals surface area contributed by atoms with Gasteiger partial charge < -0.3 is 19.4 Å². The molecule has 7 nitrogen and oxygen atoms in total. The number of hydrogen-bond acceptors (Lipinski definition) is 5. The lowest BCUT2D eigenvalue weighted by molar-refractivity contribution is 0.318. The first-order valence-corrected chi connectivity index (χ1v) is 6.52. The fourth-order valence-corrected chi connectivity index (χ4v) is 2.47. The maximum absolute atomic E-state index is 10.9. The van der Waals surface area contributed by atoms with Crippen LogP contribution in [-0.4, -0.2) is 38.1 Å². The maximum atomic E-state index is 10.9. The van der Waals surface area contributed by atoms with Crippen molar-refractivity contribution in [2.45, 2.75) is 4.58 Å². The molecule has 2 unspecified atom stereocenters. The molecule has 94 valence electrons. The van der Waals surface area contributed by atoms with Gasteiger partial charge in [0.2, 0.25) is 4.58 Å². The number of phenols is 1. The molecule has 17 heavy (non-hydrogen) atoms. The Labute approximate surface area is 101 Å². The van der Waals surface area contributed by atoms with Crippen molar-refractivity contribution in [3.63, 3.8) is 0 Å². The van der Waals surface area contributed by atoms with E-state index in [-0.39, 0.29) is 11.3 Å². The zero-order valence-corrected chi connectivity index (χ0v) is 9.89. The molecule has 0 heterocycles. The number of para-hydroxylation sites is 1. The molecule has 0 aliphatic carbocycles. The minimum Gasteiger partial charge on any atom is -0.507 e. The molecule has 0 aromatic heterocycles. The normalized spacial score (nSPS) is 17.4. The summed E-state index contributed by atoms with van der Waals surface area (Å²) >= 11 is -5.45. The Morgan fingerprint density at radius 2 is 1.71 bits per heavy atom. The molecule has 0 saturated heterocycles. The van der Waals surface area contributed by atoms with Gasteiger partial charge in [-0.2, -0.15) is 0 Å². The fraction of sp³-hybridized carbons (Fsp3) is 0.125. The molecule has 9 heteroatoms. The summed E-state index contributed by atoms with van der Waals surface area (Å²) in [6.45, 7) is 0. The molecule has 0 saturated carbocycles. The van der Waals surface area contributed by atoms with Gasteiger partial charge in [-0.15, -0.1) is 0 Å². The average Bonchev–Trinajstić information content (AvgIpc) is 2.25. The van der Waals surface area contributed by atoms with Crippen LogP contribution < -0.4 is 0 Å². The first-order valence-electron chi connectivity index (χ1n) is 4.18. The van der Waals surface area contributed by atoms with Crippen molar-refractivity contribution < 1.29 is 27.8 Å². The van der Waals surface area contributed by atoms with Crippen LogP contribution >= 0.6 is 0 Å². The van der Waals surface area contributed by atoms with Crippen molar-refractivity contribution in [1.82, 2.24) is 0 Å². The number of rotatable bonds is 4. The van der Waals surface area contributed by atoms with Gasteiger partial charge in [0.05, 0.1) is 0 Å². The highest BCUT2D eigenvalue weighted by molar-refractivity contribution is 7.99. The zero-order valence-electron chi connectivity index (χ0n) is 8.26. The second kappa shape index (κ2) is 5.87. The van der Waals surface area contributed by atoms with Gasteiger partial charge in [0.25, 0.3) is 0 Å². The molecule has 1 aromatic carbocycles. The number of phenolic OH excluding ortho intramolecular Hbond substituents is 1. The van der Waals surface area contributed by atoms with Gasteiger partial charge in [-0.3, -0.25) is 0 Å². The van der Waals surface area contributed by atoms with Gasteiger partial charge >= 0.3 is 0 Å². The summed E-state index contributed by atoms with van der Waals surface area (Å²) in [7, 11) is 0. The summed E-state index contributed by atoms with van der Waals surface area (Å²) in [4.78, 5) is 0. The molecule has 1 rings (SSSR count). The number of hydrogen-bond donors (Lipinski definition) is 4. The molecule has 0 radical (unpaired) electrons. The largest absolute Gasteiger partial charge is 0.507 e. The van der Waals surface area contributed by atoms with Gasteiger partial charge in [-0.1, -0.05) is 17.3 Å². The number of aromatic hydroxyl groups is 1. The first kappa shape index (κ1) is 13.8. The van der Waals surface area contributed by atoms with Crippen molar-refractivity contribution >= 4 is 27.9 Å². The summed E-state index contributed by atoms with van der Waals surface area (Å²) < 4.78 is 37.8. The predicted octanol–water partition coefficient (Wildman–Crippen LogP) is 0.340. The van der Waals surface area contributed by atoms with E-state index in [1.165, 1.54) is 24.3 Å². The van der Waals surface area contributed by atoms with E-state index in [1.54, 1.807) is 0 Å². The van der Waals surface area contributed by atoms with Crippen molar-refractivity contribution in [3.8, 4) is 5.75 Å². The summed E-state index contributed by atoms with van der Waals surface area (Å²) in [5.41, 5.74) is -0.630. The van der Waals surface area contributed by atoms with Gasteiger partial charge in [0.15, 0.2) is 22.2 Å². The Hall–Kier alpha value is -1.29. The highest BCUT2D eigenvalue weighted by Crippen LogP contribution is 2.20. The van der Waals surface area contributed by atoms with E-state index in [1.807, 2.05) is 0 Å². The lowest BCUT2D eigenvalue weighted by atomic mass is 10.1. The van der Waals surface area contributed by atoms with Gasteiger partial charge in [-0.25, -0.2) is 8.42 Å². The molecule has 0 amide bonds. The Morgan fingerprint density at radius 1 is 1.18 bits per heavy atom. The molecule has 4 N–H and O–H groups in total. The monoisotopic (exact) mass is 279 g/mol. The molecule has 0 fully saturated rings. The smallest absolute Gasteiger partial charge is 0.207 e. The second-order valence-corrected chi connectivity index (χ2v) is 5.23. The van der Waals surface area contributed by atoms with E-state index in [4.69, 9.17) is 14.3 Å². The SMILES string of the molecule is O=S(O)C(/C(=N/O)c1ccccc1O)S(=O)O. The molecule has 0 spiro atoms. The lowest BCUT2D eigenvalue weighted by Gasteiger charge is -2.11. The van der Waals surface area contributed by atoms with Gasteiger partial charge in [0, 0.05) is 5.56 Å². The Bertz CT molecular complexity index is 475. The van der Waals surface area contributed by atoms with E-state index >= 15 is 0 Å². The van der Waals surface area contributed by atoms with Gasteiger partial charge in [0.1, 0.15) is 11.5 Å². The quantitative estimate of drug-likeness (QED) is 0.272. The lowest BCUT2D eigenvalue weighted by Crippen LogP contribution is -2.31. The Balaban J connectivity index is 3.30. The summed E-state index contributed by atoms with van der Waals surface area (Å²) in [5.74, 6) is -0.332. The van der Waals surface area contributed by atoms with E-state index in [0.29, 0.717) is 0 Å². The van der Waals surface area contributed by atoms with Crippen molar-refractivity contribution in [2.75, 3.05) is 0 Å². The standard InChI is InChI=1S/C8H9NO6S2/c10-6-4-2-1-3-5(6)7(9-11)8(16(12)13)17(14)15/h1-4,8,10-11H,(H,12,13)(H,14,15)/b9-7+. The van der Waals surface area contributed by atoms with E-state index in [2.05, 4.69) is 5.16 Å². The van der Waals surface area contributed by atoms with Crippen LogP contribution in [-0.2, 0) is 22.2 Å². The van der Waals surface area contributed by atoms with Gasteiger partial charge in [-0.05, 0) is 12.1 Å². The predicted molar refractivity (Wildman–Crippen MR) is 61.8 cm³/mol. The minimum atomic E-state index is -2.72. The number of nitrogens with zero attached hydrogens (tertiary/aromatic N) is 1. The van der Waals surface area contributed by atoms with E-state index in [0.717, 1.165) is 0 Å². The van der Waals surface area contributed by atoms with Crippen LogP contribution in [0.3, 0.4) is 0 Å². The van der Waals surface area contributed by atoms with Crippen molar-refractivity contribution in [2.24, 2.45) is 5.16 Å². The summed E-state index contributed by atoms with van der Waals surface area (Å²) in [6.07, 6.45) is 0. The highest BCUT2D eigenvalue weighted by Gasteiger charge is 2.31. The highest BCUT2D eigenvalue weighted by atomic mass is 32.3. The second-order valence-electron chi connectivity index (χ2n) is 2.89. The third-order valence-corrected chi connectivity index (χ3v) is 4.04. The number of oxime groups is 1. The summed E-state index contributed by atoms with van der Waals surface area (Å²) in [5, 5.41) is 20.9.